The molecule has 1 N–H and O–H groups in total. The Labute approximate surface area is 142 Å². The van der Waals surface area contributed by atoms with Crippen LogP contribution in [0.4, 0.5) is 0 Å². The monoisotopic (exact) mass is 337 g/mol. The number of β-amino-alcohol motifs (C(OH)–C–C–N with tert-alkyl or cyclic N) is 1. The number of carbonyl (C=O) groups excluding carboxylic acids is 1. The van der Waals surface area contributed by atoms with Gasteiger partial charge in [-0.25, -0.2) is 0 Å². The van der Waals surface area contributed by atoms with Gasteiger partial charge in [-0.05, 0) is 42.2 Å². The Kier molecular flexibility index (Phi) is 5.69. The van der Waals surface area contributed by atoms with Gasteiger partial charge in [-0.2, -0.15) is 11.3 Å². The van der Waals surface area contributed by atoms with Crippen LogP contribution in [0.3, 0.4) is 0 Å². The van der Waals surface area contributed by atoms with Crippen LogP contribution in [0.1, 0.15) is 25.3 Å². The normalized spacial score (nSPS) is 21.3. The number of aliphatic hydroxyl groups is 1. The first kappa shape index (κ1) is 16.9. The lowest BCUT2D eigenvalue weighted by Crippen LogP contribution is -2.51. The number of piperazine rings is 1. The summed E-state index contributed by atoms with van der Waals surface area (Å²) in [6.45, 7) is 7.54. The van der Waals surface area contributed by atoms with Crippen molar-refractivity contribution in [2.45, 2.75) is 38.5 Å². The number of hydrogen-bond acceptors (Lipinski definition) is 5. The molecule has 3 rings (SSSR count). The molecule has 0 spiro atoms. The molecule has 128 valence electrons. The summed E-state index contributed by atoms with van der Waals surface area (Å²) in [5, 5.41) is 13.7. The van der Waals surface area contributed by atoms with Crippen LogP contribution in [-0.4, -0.2) is 77.1 Å². The van der Waals surface area contributed by atoms with Crippen molar-refractivity contribution in [2.24, 2.45) is 0 Å². The summed E-state index contributed by atoms with van der Waals surface area (Å²) >= 11 is 1.69. The zero-order valence-electron chi connectivity index (χ0n) is 13.9. The van der Waals surface area contributed by atoms with E-state index in [4.69, 9.17) is 0 Å². The van der Waals surface area contributed by atoms with Gasteiger partial charge in [0.05, 0.1) is 12.6 Å². The Morgan fingerprint density at radius 3 is 2.61 bits per heavy atom. The number of rotatable bonds is 7. The van der Waals surface area contributed by atoms with Gasteiger partial charge >= 0.3 is 0 Å². The first-order chi connectivity index (χ1) is 11.1. The number of hydrogen-bond donors (Lipinski definition) is 1. The highest BCUT2D eigenvalue weighted by atomic mass is 32.1. The average Bonchev–Trinajstić information content (AvgIpc) is 3.22. The fraction of sp³-hybridized carbons (Fsp3) is 0.706. The van der Waals surface area contributed by atoms with Gasteiger partial charge in [0.15, 0.2) is 0 Å². The van der Waals surface area contributed by atoms with E-state index in [-0.39, 0.29) is 12.0 Å². The fourth-order valence-electron chi connectivity index (χ4n) is 3.17. The summed E-state index contributed by atoms with van der Waals surface area (Å²) in [5.41, 5.74) is 1.25. The minimum atomic E-state index is -0.279. The third-order valence-corrected chi connectivity index (χ3v) is 5.32. The van der Waals surface area contributed by atoms with Crippen LogP contribution in [0, 0.1) is 0 Å². The minimum absolute atomic E-state index is 0.266. The standard InChI is InChI=1S/C17H27N3O2S/c1-14(21)10-18-5-7-19(8-6-18)12-17(22)20(16-2-3-16)11-15-4-9-23-13-15/h4,9,13-14,16,21H,2-3,5-8,10-12H2,1H3/t14-/m0/s1. The van der Waals surface area contributed by atoms with Gasteiger partial charge in [-0.15, -0.1) is 0 Å². The molecule has 1 aromatic rings. The zero-order chi connectivity index (χ0) is 16.2. The molecule has 0 radical (unpaired) electrons. The quantitative estimate of drug-likeness (QED) is 0.813. The minimum Gasteiger partial charge on any atom is -0.392 e. The average molecular weight is 337 g/mol. The highest BCUT2D eigenvalue weighted by Crippen LogP contribution is 2.29. The Balaban J connectivity index is 1.48. The Bertz CT molecular complexity index is 494. The molecule has 2 fully saturated rings. The molecule has 1 aliphatic heterocycles. The molecule has 1 aromatic heterocycles. The topological polar surface area (TPSA) is 47.0 Å². The van der Waals surface area contributed by atoms with E-state index in [1.165, 1.54) is 5.56 Å². The SMILES string of the molecule is C[C@H](O)CN1CCN(CC(=O)N(Cc2ccsc2)C2CC2)CC1. The summed E-state index contributed by atoms with van der Waals surface area (Å²) in [6, 6.07) is 2.57. The van der Waals surface area contributed by atoms with Gasteiger partial charge in [-0.3, -0.25) is 14.6 Å². The molecule has 1 atom stereocenters. The molecule has 1 saturated heterocycles. The summed E-state index contributed by atoms with van der Waals surface area (Å²) in [6.07, 6.45) is 2.02. The van der Waals surface area contributed by atoms with Crippen molar-refractivity contribution in [1.82, 2.24) is 14.7 Å². The van der Waals surface area contributed by atoms with Gasteiger partial charge in [-0.1, -0.05) is 0 Å². The summed E-state index contributed by atoms with van der Waals surface area (Å²) in [4.78, 5) is 19.3. The molecule has 6 heteroatoms. The first-order valence-electron chi connectivity index (χ1n) is 8.55. The van der Waals surface area contributed by atoms with E-state index >= 15 is 0 Å². The third-order valence-electron chi connectivity index (χ3n) is 4.59. The number of nitrogens with zero attached hydrogens (tertiary/aromatic N) is 3. The molecule has 2 aliphatic rings. The molecule has 2 heterocycles. The van der Waals surface area contributed by atoms with Gasteiger partial charge in [0.1, 0.15) is 0 Å². The van der Waals surface area contributed by atoms with Crippen LogP contribution in [0.25, 0.3) is 0 Å². The summed E-state index contributed by atoms with van der Waals surface area (Å²) in [5.74, 6) is 0.266. The number of thiophene rings is 1. The largest absolute Gasteiger partial charge is 0.392 e. The summed E-state index contributed by atoms with van der Waals surface area (Å²) < 4.78 is 0. The summed E-state index contributed by atoms with van der Waals surface area (Å²) in [7, 11) is 0. The molecular formula is C17H27N3O2S. The van der Waals surface area contributed by atoms with Crippen LogP contribution < -0.4 is 0 Å². The van der Waals surface area contributed by atoms with Crippen molar-refractivity contribution in [3.05, 3.63) is 22.4 Å². The lowest BCUT2D eigenvalue weighted by Gasteiger charge is -2.35. The second-order valence-electron chi connectivity index (χ2n) is 6.81. The fourth-order valence-corrected chi connectivity index (χ4v) is 3.83. The highest BCUT2D eigenvalue weighted by molar-refractivity contribution is 7.07. The Morgan fingerprint density at radius 1 is 1.35 bits per heavy atom. The zero-order valence-corrected chi connectivity index (χ0v) is 14.7. The maximum absolute atomic E-state index is 12.7. The Hall–Kier alpha value is -0.950. The van der Waals surface area contributed by atoms with Crippen LogP contribution >= 0.6 is 11.3 Å². The van der Waals surface area contributed by atoms with Gasteiger partial charge in [0.25, 0.3) is 0 Å². The van der Waals surface area contributed by atoms with E-state index in [1.54, 1.807) is 11.3 Å². The molecule has 0 unspecified atom stereocenters. The van der Waals surface area contributed by atoms with E-state index in [0.717, 1.165) is 52.1 Å². The number of amides is 1. The van der Waals surface area contributed by atoms with Gasteiger partial charge in [0.2, 0.25) is 5.91 Å². The molecule has 1 aliphatic carbocycles. The van der Waals surface area contributed by atoms with E-state index in [0.29, 0.717) is 12.6 Å². The lowest BCUT2D eigenvalue weighted by molar-refractivity contribution is -0.134. The molecule has 0 bridgehead atoms. The predicted octanol–water partition coefficient (Wildman–Crippen LogP) is 1.24. The van der Waals surface area contributed by atoms with Crippen molar-refractivity contribution >= 4 is 17.2 Å². The maximum atomic E-state index is 12.7. The van der Waals surface area contributed by atoms with E-state index in [1.807, 2.05) is 6.92 Å². The van der Waals surface area contributed by atoms with Gasteiger partial charge < -0.3 is 10.0 Å². The molecule has 1 saturated carbocycles. The van der Waals surface area contributed by atoms with Crippen molar-refractivity contribution < 1.29 is 9.90 Å². The maximum Gasteiger partial charge on any atom is 0.237 e. The second-order valence-corrected chi connectivity index (χ2v) is 7.59. The highest BCUT2D eigenvalue weighted by Gasteiger charge is 2.33. The molecular weight excluding hydrogens is 310 g/mol. The first-order valence-corrected chi connectivity index (χ1v) is 9.49. The smallest absolute Gasteiger partial charge is 0.237 e. The van der Waals surface area contributed by atoms with Gasteiger partial charge in [0, 0.05) is 45.3 Å². The molecule has 23 heavy (non-hydrogen) atoms. The molecule has 0 aromatic carbocycles. The van der Waals surface area contributed by atoms with E-state index < -0.39 is 0 Å². The van der Waals surface area contributed by atoms with Crippen LogP contribution in [0.2, 0.25) is 0 Å². The molecule has 5 nitrogen and oxygen atoms in total. The van der Waals surface area contributed by atoms with Crippen LogP contribution in [0.15, 0.2) is 16.8 Å². The number of aliphatic hydroxyl groups excluding tert-OH is 1. The van der Waals surface area contributed by atoms with Crippen LogP contribution in [0.5, 0.6) is 0 Å². The van der Waals surface area contributed by atoms with Crippen LogP contribution in [-0.2, 0) is 11.3 Å². The molecule has 1 amide bonds. The van der Waals surface area contributed by atoms with Crippen molar-refractivity contribution in [3.63, 3.8) is 0 Å². The third kappa shape index (κ3) is 5.01. The van der Waals surface area contributed by atoms with E-state index in [9.17, 15) is 9.90 Å². The lowest BCUT2D eigenvalue weighted by atomic mass is 10.2. The Morgan fingerprint density at radius 2 is 2.04 bits per heavy atom. The predicted molar refractivity (Wildman–Crippen MR) is 92.5 cm³/mol. The van der Waals surface area contributed by atoms with Crippen molar-refractivity contribution in [2.75, 3.05) is 39.3 Å². The van der Waals surface area contributed by atoms with E-state index in [2.05, 4.69) is 31.5 Å². The van der Waals surface area contributed by atoms with Crippen molar-refractivity contribution in [3.8, 4) is 0 Å². The van der Waals surface area contributed by atoms with Crippen molar-refractivity contribution in [1.29, 1.82) is 0 Å². The number of carbonyl (C=O) groups is 1. The second kappa shape index (κ2) is 7.75.